The summed E-state index contributed by atoms with van der Waals surface area (Å²) in [6, 6.07) is 5.62. The third-order valence-electron chi connectivity index (χ3n) is 2.53. The number of nitrogens with one attached hydrogen (secondary N) is 2. The molecule has 0 bridgehead atoms. The monoisotopic (exact) mass is 260 g/mol. The molecule has 0 radical (unpaired) electrons. The van der Waals surface area contributed by atoms with Gasteiger partial charge in [-0.15, -0.1) is 0 Å². The maximum Gasteiger partial charge on any atom is 0.318 e. The van der Waals surface area contributed by atoms with Crippen LogP contribution in [0.2, 0.25) is 0 Å². The van der Waals surface area contributed by atoms with E-state index in [9.17, 15) is 4.79 Å². The lowest BCUT2D eigenvalue weighted by molar-refractivity contribution is 0.379. The van der Waals surface area contributed by atoms with Gasteiger partial charge in [-0.1, -0.05) is 0 Å². The smallest absolute Gasteiger partial charge is 0.318 e. The van der Waals surface area contributed by atoms with E-state index in [1.165, 1.54) is 7.11 Å². The highest BCUT2D eigenvalue weighted by Gasteiger charge is 2.02. The van der Waals surface area contributed by atoms with Crippen molar-refractivity contribution in [3.63, 3.8) is 0 Å². The number of aromatic nitrogens is 3. The minimum absolute atomic E-state index is 0.103. The molecule has 2 N–H and O–H groups in total. The van der Waals surface area contributed by atoms with Gasteiger partial charge in [0.15, 0.2) is 0 Å². The number of hydrogen-bond acceptors (Lipinski definition) is 5. The quantitative estimate of drug-likeness (QED) is 0.868. The molecule has 0 amide bonds. The Morgan fingerprint density at radius 2 is 2.05 bits per heavy atom. The molecule has 0 saturated carbocycles. The Bertz CT molecular complexity index is 637. The number of methoxy groups -OCH3 is 1. The Labute approximate surface area is 110 Å². The molecular weight excluding hydrogens is 244 g/mol. The van der Waals surface area contributed by atoms with Gasteiger partial charge in [0.2, 0.25) is 5.56 Å². The van der Waals surface area contributed by atoms with Crippen molar-refractivity contribution in [1.29, 1.82) is 0 Å². The van der Waals surface area contributed by atoms with Crippen molar-refractivity contribution >= 4 is 5.82 Å². The zero-order valence-corrected chi connectivity index (χ0v) is 11.2. The van der Waals surface area contributed by atoms with Crippen molar-refractivity contribution in [3.8, 4) is 6.01 Å². The number of H-pyrrole nitrogens is 1. The molecule has 0 aromatic carbocycles. The van der Waals surface area contributed by atoms with Crippen molar-refractivity contribution in [2.75, 3.05) is 12.4 Å². The van der Waals surface area contributed by atoms with E-state index in [0.29, 0.717) is 18.4 Å². The summed E-state index contributed by atoms with van der Waals surface area (Å²) in [5.41, 5.74) is 2.45. The van der Waals surface area contributed by atoms with Gasteiger partial charge in [0, 0.05) is 30.1 Å². The number of aryl methyl sites for hydroxylation is 2. The number of nitrogens with zero attached hydrogens (tertiary/aromatic N) is 2. The van der Waals surface area contributed by atoms with Gasteiger partial charge in [-0.25, -0.2) is 4.98 Å². The van der Waals surface area contributed by atoms with E-state index in [1.807, 2.05) is 26.0 Å². The first kappa shape index (κ1) is 13.1. The second-order valence-electron chi connectivity index (χ2n) is 4.27. The minimum Gasteiger partial charge on any atom is -0.467 e. The molecule has 6 nitrogen and oxygen atoms in total. The molecule has 0 unspecified atom stereocenters. The van der Waals surface area contributed by atoms with E-state index < -0.39 is 0 Å². The molecule has 19 heavy (non-hydrogen) atoms. The summed E-state index contributed by atoms with van der Waals surface area (Å²) in [5.74, 6) is 0.669. The first-order valence-electron chi connectivity index (χ1n) is 5.90. The van der Waals surface area contributed by atoms with Crippen molar-refractivity contribution in [2.45, 2.75) is 20.4 Å². The SMILES string of the molecule is COc1nc(C)cc(NCc2cc(C)[nH]c(=O)c2)n1. The van der Waals surface area contributed by atoms with E-state index in [0.717, 1.165) is 17.0 Å². The highest BCUT2D eigenvalue weighted by atomic mass is 16.5. The lowest BCUT2D eigenvalue weighted by Crippen LogP contribution is -2.10. The molecule has 0 saturated heterocycles. The molecule has 100 valence electrons. The molecule has 0 atom stereocenters. The van der Waals surface area contributed by atoms with Gasteiger partial charge in [0.05, 0.1) is 7.11 Å². The Kier molecular flexibility index (Phi) is 3.79. The Morgan fingerprint density at radius 1 is 1.26 bits per heavy atom. The Balaban J connectivity index is 2.14. The fourth-order valence-electron chi connectivity index (χ4n) is 1.77. The number of anilines is 1. The van der Waals surface area contributed by atoms with Gasteiger partial charge < -0.3 is 15.0 Å². The van der Waals surface area contributed by atoms with Crippen molar-refractivity contribution in [3.05, 3.63) is 45.5 Å². The molecule has 2 heterocycles. The summed E-state index contributed by atoms with van der Waals surface area (Å²) < 4.78 is 5.01. The van der Waals surface area contributed by atoms with Crippen LogP contribution in [0, 0.1) is 13.8 Å². The van der Waals surface area contributed by atoms with Crippen LogP contribution in [-0.4, -0.2) is 22.1 Å². The predicted octanol–water partition coefficient (Wildman–Crippen LogP) is 1.40. The summed E-state index contributed by atoms with van der Waals surface area (Å²) in [6.45, 7) is 4.24. The molecular formula is C13H16N4O2. The summed E-state index contributed by atoms with van der Waals surface area (Å²) in [4.78, 5) is 22.3. The van der Waals surface area contributed by atoms with Crippen LogP contribution >= 0.6 is 0 Å². The molecule has 0 spiro atoms. The number of ether oxygens (including phenoxy) is 1. The fourth-order valence-corrected chi connectivity index (χ4v) is 1.77. The van der Waals surface area contributed by atoms with Crippen LogP contribution in [0.1, 0.15) is 17.0 Å². The molecule has 6 heteroatoms. The van der Waals surface area contributed by atoms with Crippen molar-refractivity contribution in [1.82, 2.24) is 15.0 Å². The minimum atomic E-state index is -0.103. The molecule has 2 aromatic rings. The molecule has 0 aliphatic carbocycles. The topological polar surface area (TPSA) is 79.9 Å². The first-order chi connectivity index (χ1) is 9.06. The summed E-state index contributed by atoms with van der Waals surface area (Å²) in [6.07, 6.45) is 0. The first-order valence-corrected chi connectivity index (χ1v) is 5.90. The maximum atomic E-state index is 11.3. The predicted molar refractivity (Wildman–Crippen MR) is 72.4 cm³/mol. The van der Waals surface area contributed by atoms with Crippen LogP contribution in [0.5, 0.6) is 6.01 Å². The van der Waals surface area contributed by atoms with Crippen LogP contribution in [0.25, 0.3) is 0 Å². The standard InChI is InChI=1S/C13H16N4O2/c1-8-4-10(6-12(18)15-8)7-14-11-5-9(2)16-13(17-11)19-3/h4-6H,7H2,1-3H3,(H,15,18)(H,14,16,17). The van der Waals surface area contributed by atoms with Crippen molar-refractivity contribution in [2.24, 2.45) is 0 Å². The Morgan fingerprint density at radius 3 is 2.74 bits per heavy atom. The van der Waals surface area contributed by atoms with Gasteiger partial charge in [-0.2, -0.15) is 4.98 Å². The second kappa shape index (κ2) is 5.51. The number of hydrogen-bond donors (Lipinski definition) is 2. The van der Waals surface area contributed by atoms with E-state index >= 15 is 0 Å². The summed E-state index contributed by atoms with van der Waals surface area (Å²) >= 11 is 0. The number of aromatic amines is 1. The van der Waals surface area contributed by atoms with Gasteiger partial charge in [0.25, 0.3) is 0 Å². The van der Waals surface area contributed by atoms with Gasteiger partial charge in [-0.05, 0) is 25.5 Å². The average molecular weight is 260 g/mol. The summed E-state index contributed by atoms with van der Waals surface area (Å²) in [7, 11) is 1.53. The fraction of sp³-hybridized carbons (Fsp3) is 0.308. The molecule has 0 fully saturated rings. The van der Waals surface area contributed by atoms with Crippen LogP contribution in [0.15, 0.2) is 23.0 Å². The third kappa shape index (κ3) is 3.54. The van der Waals surface area contributed by atoms with E-state index in [-0.39, 0.29) is 5.56 Å². The highest BCUT2D eigenvalue weighted by molar-refractivity contribution is 5.38. The van der Waals surface area contributed by atoms with Crippen LogP contribution < -0.4 is 15.6 Å². The number of rotatable bonds is 4. The molecule has 2 aromatic heterocycles. The van der Waals surface area contributed by atoms with Crippen molar-refractivity contribution < 1.29 is 4.74 Å². The molecule has 0 aliphatic rings. The lowest BCUT2D eigenvalue weighted by atomic mass is 10.2. The van der Waals surface area contributed by atoms with Crippen LogP contribution in [0.4, 0.5) is 5.82 Å². The van der Waals surface area contributed by atoms with Gasteiger partial charge in [0.1, 0.15) is 5.82 Å². The second-order valence-corrected chi connectivity index (χ2v) is 4.27. The van der Waals surface area contributed by atoms with Crippen LogP contribution in [-0.2, 0) is 6.54 Å². The lowest BCUT2D eigenvalue weighted by Gasteiger charge is -2.08. The van der Waals surface area contributed by atoms with Gasteiger partial charge in [-0.3, -0.25) is 4.79 Å². The normalized spacial score (nSPS) is 10.3. The molecule has 0 aliphatic heterocycles. The van der Waals surface area contributed by atoms with E-state index in [2.05, 4.69) is 20.3 Å². The molecule has 2 rings (SSSR count). The van der Waals surface area contributed by atoms with E-state index in [4.69, 9.17) is 4.74 Å². The largest absolute Gasteiger partial charge is 0.467 e. The van der Waals surface area contributed by atoms with Gasteiger partial charge >= 0.3 is 6.01 Å². The van der Waals surface area contributed by atoms with E-state index in [1.54, 1.807) is 6.07 Å². The zero-order chi connectivity index (χ0) is 13.8. The maximum absolute atomic E-state index is 11.3. The Hall–Kier alpha value is -2.37. The highest BCUT2D eigenvalue weighted by Crippen LogP contribution is 2.12. The third-order valence-corrected chi connectivity index (χ3v) is 2.53. The average Bonchev–Trinajstić information content (AvgIpc) is 2.34. The number of pyridine rings is 1. The summed E-state index contributed by atoms with van der Waals surface area (Å²) in [5, 5.41) is 3.15. The van der Waals surface area contributed by atoms with Crippen LogP contribution in [0.3, 0.4) is 0 Å². The zero-order valence-electron chi connectivity index (χ0n) is 11.2.